The number of likely N-dealkylation sites (tertiary alicyclic amines) is 1. The SMILES string of the molecule is O=C(C1CCNN1)N1CCC(Nc2ccccc2Cl)CC1. The molecule has 0 saturated carbocycles. The molecule has 0 radical (unpaired) electrons. The second-order valence-corrected chi connectivity index (χ2v) is 6.04. The third kappa shape index (κ3) is 3.48. The number of hydrogen-bond donors (Lipinski definition) is 3. The molecule has 2 aliphatic heterocycles. The van der Waals surface area contributed by atoms with E-state index in [0.717, 1.165) is 49.6 Å². The fourth-order valence-electron chi connectivity index (χ4n) is 2.93. The Labute approximate surface area is 130 Å². The van der Waals surface area contributed by atoms with Crippen molar-refractivity contribution in [3.05, 3.63) is 29.3 Å². The van der Waals surface area contributed by atoms with Crippen LogP contribution in [-0.4, -0.2) is 42.5 Å². The number of halogens is 1. The van der Waals surface area contributed by atoms with E-state index in [-0.39, 0.29) is 11.9 Å². The predicted octanol–water partition coefficient (Wildman–Crippen LogP) is 1.61. The number of hydrogen-bond acceptors (Lipinski definition) is 4. The molecule has 0 aromatic heterocycles. The number of carbonyl (C=O) groups excluding carboxylic acids is 1. The lowest BCUT2D eigenvalue weighted by Crippen LogP contribution is -2.49. The normalized spacial score (nSPS) is 23.3. The molecule has 0 bridgehead atoms. The van der Waals surface area contributed by atoms with Gasteiger partial charge in [0.25, 0.3) is 0 Å². The summed E-state index contributed by atoms with van der Waals surface area (Å²) in [5.74, 6) is 0.219. The largest absolute Gasteiger partial charge is 0.381 e. The Hall–Kier alpha value is -1.30. The van der Waals surface area contributed by atoms with Crippen molar-refractivity contribution in [2.75, 3.05) is 25.0 Å². The summed E-state index contributed by atoms with van der Waals surface area (Å²) in [4.78, 5) is 14.3. The Morgan fingerprint density at radius 1 is 1.24 bits per heavy atom. The summed E-state index contributed by atoms with van der Waals surface area (Å²) >= 11 is 6.17. The topological polar surface area (TPSA) is 56.4 Å². The number of piperidine rings is 1. The van der Waals surface area contributed by atoms with Gasteiger partial charge in [0.2, 0.25) is 5.91 Å². The number of carbonyl (C=O) groups is 1. The summed E-state index contributed by atoms with van der Waals surface area (Å²) in [7, 11) is 0. The van der Waals surface area contributed by atoms with Gasteiger partial charge in [-0.15, -0.1) is 0 Å². The molecule has 0 spiro atoms. The summed E-state index contributed by atoms with van der Waals surface area (Å²) in [5, 5.41) is 4.23. The molecule has 2 aliphatic rings. The summed E-state index contributed by atoms with van der Waals surface area (Å²) in [6, 6.07) is 8.11. The molecule has 6 heteroatoms. The third-order valence-electron chi connectivity index (χ3n) is 4.17. The van der Waals surface area contributed by atoms with Gasteiger partial charge in [-0.2, -0.15) is 0 Å². The van der Waals surface area contributed by atoms with Crippen LogP contribution in [0.2, 0.25) is 5.02 Å². The van der Waals surface area contributed by atoms with Crippen LogP contribution in [0.25, 0.3) is 0 Å². The maximum atomic E-state index is 12.3. The van der Waals surface area contributed by atoms with Crippen molar-refractivity contribution in [2.45, 2.75) is 31.3 Å². The van der Waals surface area contributed by atoms with Gasteiger partial charge >= 0.3 is 0 Å². The Bertz CT molecular complexity index is 496. The maximum Gasteiger partial charge on any atom is 0.241 e. The van der Waals surface area contributed by atoms with Gasteiger partial charge in [-0.05, 0) is 31.4 Å². The number of rotatable bonds is 3. The van der Waals surface area contributed by atoms with Crippen LogP contribution in [0.5, 0.6) is 0 Å². The molecule has 114 valence electrons. The highest BCUT2D eigenvalue weighted by Crippen LogP contribution is 2.24. The first-order valence-corrected chi connectivity index (χ1v) is 7.90. The van der Waals surface area contributed by atoms with Gasteiger partial charge in [0.15, 0.2) is 0 Å². The van der Waals surface area contributed by atoms with Crippen LogP contribution in [0.4, 0.5) is 5.69 Å². The van der Waals surface area contributed by atoms with Crippen LogP contribution in [0.1, 0.15) is 19.3 Å². The van der Waals surface area contributed by atoms with Gasteiger partial charge in [0.05, 0.1) is 10.7 Å². The molecule has 3 N–H and O–H groups in total. The smallest absolute Gasteiger partial charge is 0.241 e. The minimum atomic E-state index is -0.0573. The number of nitrogens with zero attached hydrogens (tertiary/aromatic N) is 1. The summed E-state index contributed by atoms with van der Waals surface area (Å²) in [6.07, 6.45) is 2.78. The van der Waals surface area contributed by atoms with Crippen LogP contribution in [0, 0.1) is 0 Å². The predicted molar refractivity (Wildman–Crippen MR) is 84.2 cm³/mol. The second-order valence-electron chi connectivity index (χ2n) is 5.64. The van der Waals surface area contributed by atoms with Gasteiger partial charge in [-0.25, -0.2) is 5.43 Å². The van der Waals surface area contributed by atoms with E-state index >= 15 is 0 Å². The highest BCUT2D eigenvalue weighted by atomic mass is 35.5. The number of para-hydroxylation sites is 1. The average Bonchev–Trinajstić information content (AvgIpc) is 3.04. The van der Waals surface area contributed by atoms with Gasteiger partial charge in [0.1, 0.15) is 6.04 Å². The van der Waals surface area contributed by atoms with E-state index in [9.17, 15) is 4.79 Å². The number of hydrazine groups is 1. The van der Waals surface area contributed by atoms with Gasteiger partial charge in [0, 0.05) is 25.7 Å². The number of amides is 1. The lowest BCUT2D eigenvalue weighted by molar-refractivity contribution is -0.134. The molecule has 2 fully saturated rings. The van der Waals surface area contributed by atoms with Crippen LogP contribution >= 0.6 is 11.6 Å². The zero-order chi connectivity index (χ0) is 14.7. The summed E-state index contributed by atoms with van der Waals surface area (Å²) in [5.41, 5.74) is 7.03. The summed E-state index contributed by atoms with van der Waals surface area (Å²) in [6.45, 7) is 2.47. The van der Waals surface area contributed by atoms with Crippen molar-refractivity contribution in [3.8, 4) is 0 Å². The lowest BCUT2D eigenvalue weighted by atomic mass is 10.0. The number of anilines is 1. The highest BCUT2D eigenvalue weighted by Gasteiger charge is 2.29. The monoisotopic (exact) mass is 308 g/mol. The quantitative estimate of drug-likeness (QED) is 0.794. The Morgan fingerprint density at radius 3 is 2.67 bits per heavy atom. The van der Waals surface area contributed by atoms with E-state index in [1.54, 1.807) is 0 Å². The number of nitrogens with one attached hydrogen (secondary N) is 3. The van der Waals surface area contributed by atoms with E-state index in [4.69, 9.17) is 11.6 Å². The molecule has 21 heavy (non-hydrogen) atoms. The van der Waals surface area contributed by atoms with Crippen molar-refractivity contribution in [2.24, 2.45) is 0 Å². The van der Waals surface area contributed by atoms with E-state index in [1.165, 1.54) is 0 Å². The van der Waals surface area contributed by atoms with Crippen LogP contribution < -0.4 is 16.2 Å². The van der Waals surface area contributed by atoms with Gasteiger partial charge in [-0.1, -0.05) is 23.7 Å². The van der Waals surface area contributed by atoms with E-state index in [2.05, 4.69) is 16.2 Å². The molecule has 3 rings (SSSR count). The second kappa shape index (κ2) is 6.64. The van der Waals surface area contributed by atoms with Crippen LogP contribution in [0.3, 0.4) is 0 Å². The molecule has 1 aromatic carbocycles. The molecule has 0 aliphatic carbocycles. The van der Waals surface area contributed by atoms with E-state index < -0.39 is 0 Å². The third-order valence-corrected chi connectivity index (χ3v) is 4.50. The fourth-order valence-corrected chi connectivity index (χ4v) is 3.12. The molecule has 2 saturated heterocycles. The van der Waals surface area contributed by atoms with Crippen molar-refractivity contribution in [1.82, 2.24) is 15.8 Å². The molecule has 1 atom stereocenters. The van der Waals surface area contributed by atoms with Crippen LogP contribution in [-0.2, 0) is 4.79 Å². The molecular weight excluding hydrogens is 288 g/mol. The molecule has 1 amide bonds. The van der Waals surface area contributed by atoms with Crippen molar-refractivity contribution >= 4 is 23.2 Å². The first-order chi connectivity index (χ1) is 10.2. The summed E-state index contributed by atoms with van der Waals surface area (Å²) < 4.78 is 0. The van der Waals surface area contributed by atoms with E-state index in [0.29, 0.717) is 6.04 Å². The van der Waals surface area contributed by atoms with Gasteiger partial charge < -0.3 is 10.2 Å². The van der Waals surface area contributed by atoms with Crippen molar-refractivity contribution in [3.63, 3.8) is 0 Å². The average molecular weight is 309 g/mol. The van der Waals surface area contributed by atoms with Crippen LogP contribution in [0.15, 0.2) is 24.3 Å². The molecule has 5 nitrogen and oxygen atoms in total. The van der Waals surface area contributed by atoms with Crippen molar-refractivity contribution in [1.29, 1.82) is 0 Å². The molecular formula is C15H21ClN4O. The maximum absolute atomic E-state index is 12.3. The lowest BCUT2D eigenvalue weighted by Gasteiger charge is -2.34. The molecule has 1 unspecified atom stereocenters. The van der Waals surface area contributed by atoms with E-state index in [1.807, 2.05) is 29.2 Å². The minimum absolute atomic E-state index is 0.0573. The Morgan fingerprint density at radius 2 is 2.00 bits per heavy atom. The fraction of sp³-hybridized carbons (Fsp3) is 0.533. The first kappa shape index (κ1) is 14.6. The highest BCUT2D eigenvalue weighted by molar-refractivity contribution is 6.33. The minimum Gasteiger partial charge on any atom is -0.381 e. The van der Waals surface area contributed by atoms with Crippen molar-refractivity contribution < 1.29 is 4.79 Å². The number of benzene rings is 1. The Kier molecular flexibility index (Phi) is 4.63. The zero-order valence-corrected chi connectivity index (χ0v) is 12.7. The first-order valence-electron chi connectivity index (χ1n) is 7.52. The molecule has 2 heterocycles. The zero-order valence-electron chi connectivity index (χ0n) is 11.9. The Balaban J connectivity index is 1.51. The van der Waals surface area contributed by atoms with Gasteiger partial charge in [-0.3, -0.25) is 10.2 Å². The standard InChI is InChI=1S/C15H21ClN4O/c16-12-3-1-2-4-13(12)18-11-6-9-20(10-7-11)15(21)14-5-8-17-19-14/h1-4,11,14,17-19H,5-10H2. The molecule has 1 aromatic rings.